The molecule has 0 saturated heterocycles. The van der Waals surface area contributed by atoms with E-state index in [-0.39, 0.29) is 12.1 Å². The molecule has 0 bridgehead atoms. The van der Waals surface area contributed by atoms with Crippen molar-refractivity contribution in [3.63, 3.8) is 0 Å². The van der Waals surface area contributed by atoms with Crippen LogP contribution in [0.15, 0.2) is 27.1 Å². The van der Waals surface area contributed by atoms with Gasteiger partial charge in [0.1, 0.15) is 0 Å². The number of nitrogens with one attached hydrogen (secondary N) is 2. The fourth-order valence-electron chi connectivity index (χ4n) is 1.30. The van der Waals surface area contributed by atoms with Crippen LogP contribution in [0.3, 0.4) is 0 Å². The quantitative estimate of drug-likeness (QED) is 0.768. The summed E-state index contributed by atoms with van der Waals surface area (Å²) in [6, 6.07) is 5.40. The summed E-state index contributed by atoms with van der Waals surface area (Å²) in [5.41, 5.74) is 6.14. The van der Waals surface area contributed by atoms with Crippen molar-refractivity contribution >= 4 is 43.6 Å². The summed E-state index contributed by atoms with van der Waals surface area (Å²) in [7, 11) is 0. The van der Waals surface area contributed by atoms with Gasteiger partial charge in [0, 0.05) is 15.0 Å². The average Bonchev–Trinajstić information content (AvgIpc) is 2.22. The van der Waals surface area contributed by atoms with Gasteiger partial charge < -0.3 is 16.4 Å². The van der Waals surface area contributed by atoms with Crippen molar-refractivity contribution in [2.75, 3.05) is 11.9 Å². The van der Waals surface area contributed by atoms with E-state index in [0.717, 1.165) is 21.1 Å². The molecule has 0 aliphatic heterocycles. The molecular weight excluding hydrogens is 350 g/mol. The molecular formula is C11H15Br2N3O. The highest BCUT2D eigenvalue weighted by molar-refractivity contribution is 9.11. The van der Waals surface area contributed by atoms with Crippen molar-refractivity contribution in [2.45, 2.75) is 19.4 Å². The number of halogens is 2. The fourth-order valence-corrected chi connectivity index (χ4v) is 2.44. The Morgan fingerprint density at radius 2 is 2.18 bits per heavy atom. The molecule has 0 aliphatic rings. The van der Waals surface area contributed by atoms with E-state index < -0.39 is 0 Å². The standard InChI is InChI=1S/C11H15Br2N3O/c1-7(4-5-14)15-11(17)16-10-3-2-8(12)6-9(10)13/h2-3,6-7H,4-5,14H2,1H3,(H2,15,16,17). The van der Waals surface area contributed by atoms with Gasteiger partial charge in [0.05, 0.1) is 5.69 Å². The number of anilines is 1. The van der Waals surface area contributed by atoms with Crippen LogP contribution in [-0.4, -0.2) is 18.6 Å². The smallest absolute Gasteiger partial charge is 0.319 e. The molecule has 1 unspecified atom stereocenters. The highest BCUT2D eigenvalue weighted by atomic mass is 79.9. The van der Waals surface area contributed by atoms with Crippen LogP contribution < -0.4 is 16.4 Å². The van der Waals surface area contributed by atoms with Gasteiger partial charge in [-0.1, -0.05) is 15.9 Å². The number of nitrogens with two attached hydrogens (primary N) is 1. The maximum absolute atomic E-state index is 11.6. The summed E-state index contributed by atoms with van der Waals surface area (Å²) in [5.74, 6) is 0. The number of hydrogen-bond acceptors (Lipinski definition) is 2. The molecule has 0 aliphatic carbocycles. The Hall–Kier alpha value is -0.590. The molecule has 1 aromatic rings. The second-order valence-electron chi connectivity index (χ2n) is 3.70. The van der Waals surface area contributed by atoms with Crippen LogP contribution in [0.25, 0.3) is 0 Å². The zero-order valence-corrected chi connectivity index (χ0v) is 12.6. The van der Waals surface area contributed by atoms with E-state index in [1.807, 2.05) is 25.1 Å². The second kappa shape index (κ2) is 6.98. The molecule has 1 aromatic carbocycles. The minimum atomic E-state index is -0.228. The molecule has 1 atom stereocenters. The van der Waals surface area contributed by atoms with Crippen molar-refractivity contribution in [3.8, 4) is 0 Å². The molecule has 0 radical (unpaired) electrons. The predicted molar refractivity (Wildman–Crippen MR) is 77.1 cm³/mol. The lowest BCUT2D eigenvalue weighted by Gasteiger charge is -2.14. The highest BCUT2D eigenvalue weighted by Crippen LogP contribution is 2.25. The van der Waals surface area contributed by atoms with Gasteiger partial charge in [0.25, 0.3) is 0 Å². The summed E-state index contributed by atoms with van der Waals surface area (Å²) in [4.78, 5) is 11.6. The number of urea groups is 1. The van der Waals surface area contributed by atoms with Crippen molar-refractivity contribution in [2.24, 2.45) is 5.73 Å². The first-order chi connectivity index (χ1) is 8.02. The van der Waals surface area contributed by atoms with E-state index in [2.05, 4.69) is 42.5 Å². The minimum Gasteiger partial charge on any atom is -0.335 e. The van der Waals surface area contributed by atoms with Gasteiger partial charge in [0.15, 0.2) is 0 Å². The molecule has 6 heteroatoms. The summed E-state index contributed by atoms with van der Waals surface area (Å²) in [6.07, 6.45) is 0.759. The molecule has 0 fully saturated rings. The van der Waals surface area contributed by atoms with E-state index in [1.54, 1.807) is 0 Å². The SMILES string of the molecule is CC(CCN)NC(=O)Nc1ccc(Br)cc1Br. The second-order valence-corrected chi connectivity index (χ2v) is 5.47. The number of rotatable bonds is 4. The lowest BCUT2D eigenvalue weighted by Crippen LogP contribution is -2.37. The molecule has 0 heterocycles. The van der Waals surface area contributed by atoms with Crippen molar-refractivity contribution in [1.82, 2.24) is 5.32 Å². The molecule has 4 N–H and O–H groups in total. The van der Waals surface area contributed by atoms with Crippen LogP contribution in [0.2, 0.25) is 0 Å². The number of carbonyl (C=O) groups is 1. The third-order valence-corrected chi connectivity index (χ3v) is 3.31. The lowest BCUT2D eigenvalue weighted by atomic mass is 10.2. The van der Waals surface area contributed by atoms with Gasteiger partial charge >= 0.3 is 6.03 Å². The van der Waals surface area contributed by atoms with Crippen LogP contribution in [0, 0.1) is 0 Å². The Labute approximate surface area is 118 Å². The van der Waals surface area contributed by atoms with Gasteiger partial charge in [-0.25, -0.2) is 4.79 Å². The molecule has 0 saturated carbocycles. The van der Waals surface area contributed by atoms with Crippen molar-refractivity contribution in [3.05, 3.63) is 27.1 Å². The first kappa shape index (κ1) is 14.5. The van der Waals surface area contributed by atoms with E-state index in [4.69, 9.17) is 5.73 Å². The largest absolute Gasteiger partial charge is 0.335 e. The van der Waals surface area contributed by atoms with Crippen LogP contribution in [0.1, 0.15) is 13.3 Å². The van der Waals surface area contributed by atoms with E-state index in [1.165, 1.54) is 0 Å². The highest BCUT2D eigenvalue weighted by Gasteiger charge is 2.08. The summed E-state index contributed by atoms with van der Waals surface area (Å²) >= 11 is 6.73. The fraction of sp³-hybridized carbons (Fsp3) is 0.364. The normalized spacial score (nSPS) is 12.0. The Kier molecular flexibility index (Phi) is 5.94. The molecule has 0 spiro atoms. The maximum Gasteiger partial charge on any atom is 0.319 e. The van der Waals surface area contributed by atoms with Crippen molar-refractivity contribution < 1.29 is 4.79 Å². The van der Waals surface area contributed by atoms with Crippen LogP contribution >= 0.6 is 31.9 Å². The molecule has 1 rings (SSSR count). The van der Waals surface area contributed by atoms with E-state index in [0.29, 0.717) is 6.54 Å². The molecule has 0 aromatic heterocycles. The molecule has 17 heavy (non-hydrogen) atoms. The monoisotopic (exact) mass is 363 g/mol. The van der Waals surface area contributed by atoms with Gasteiger partial charge in [-0.2, -0.15) is 0 Å². The Morgan fingerprint density at radius 3 is 2.76 bits per heavy atom. The topological polar surface area (TPSA) is 67.1 Å². The number of amides is 2. The third kappa shape index (κ3) is 5.06. The zero-order valence-electron chi connectivity index (χ0n) is 9.47. The van der Waals surface area contributed by atoms with Crippen molar-refractivity contribution in [1.29, 1.82) is 0 Å². The van der Waals surface area contributed by atoms with Gasteiger partial charge in [-0.05, 0) is 54.0 Å². The van der Waals surface area contributed by atoms with E-state index in [9.17, 15) is 4.79 Å². The maximum atomic E-state index is 11.6. The molecule has 94 valence electrons. The van der Waals surface area contributed by atoms with Crippen LogP contribution in [0.5, 0.6) is 0 Å². The first-order valence-corrected chi connectivity index (χ1v) is 6.84. The number of benzene rings is 1. The molecule has 2 amide bonds. The first-order valence-electron chi connectivity index (χ1n) is 5.25. The van der Waals surface area contributed by atoms with Gasteiger partial charge in [0.2, 0.25) is 0 Å². The summed E-state index contributed by atoms with van der Waals surface area (Å²) in [6.45, 7) is 2.48. The predicted octanol–water partition coefficient (Wildman–Crippen LogP) is 3.07. The van der Waals surface area contributed by atoms with Gasteiger partial charge in [-0.15, -0.1) is 0 Å². The zero-order chi connectivity index (χ0) is 12.8. The minimum absolute atomic E-state index is 0.0641. The summed E-state index contributed by atoms with van der Waals surface area (Å²) in [5, 5.41) is 5.58. The Balaban J connectivity index is 2.56. The third-order valence-electron chi connectivity index (χ3n) is 2.16. The lowest BCUT2D eigenvalue weighted by molar-refractivity contribution is 0.249. The number of carbonyl (C=O) groups excluding carboxylic acids is 1. The van der Waals surface area contributed by atoms with E-state index >= 15 is 0 Å². The molecule has 4 nitrogen and oxygen atoms in total. The number of hydrogen-bond donors (Lipinski definition) is 3. The average molecular weight is 365 g/mol. The van der Waals surface area contributed by atoms with Crippen LogP contribution in [0.4, 0.5) is 10.5 Å². The summed E-state index contributed by atoms with van der Waals surface area (Å²) < 4.78 is 1.78. The Morgan fingerprint density at radius 1 is 1.47 bits per heavy atom. The van der Waals surface area contributed by atoms with Crippen LogP contribution in [-0.2, 0) is 0 Å². The van der Waals surface area contributed by atoms with Gasteiger partial charge in [-0.3, -0.25) is 0 Å². The Bertz CT molecular complexity index is 398.